The molecule has 0 radical (unpaired) electrons. The molecule has 2 N–H and O–H groups in total. The number of hydrogen-bond donors (Lipinski definition) is 2. The molecule has 39 heavy (non-hydrogen) atoms. The number of nitrogens with one attached hydrogen (secondary N) is 2. The number of hydrogen-bond acceptors (Lipinski definition) is 7. The largest absolute Gasteiger partial charge is 0.481 e. The van der Waals surface area contributed by atoms with E-state index >= 15 is 0 Å². The van der Waals surface area contributed by atoms with Crippen molar-refractivity contribution in [2.75, 3.05) is 16.8 Å². The number of barbiturate groups is 1. The highest BCUT2D eigenvalue weighted by Gasteiger charge is 2.37. The zero-order valence-corrected chi connectivity index (χ0v) is 23.4. The average molecular weight is 679 g/mol. The van der Waals surface area contributed by atoms with Gasteiger partial charge in [-0.05, 0) is 86.0 Å². The minimum Gasteiger partial charge on any atom is -0.481 e. The number of rotatable bonds is 7. The standard InChI is InChI=1S/C25H15Br2ClN4O7/c26-19-9-13(10-20(27)22(19)39-12-21(33)29-15-6-4-14(28)5-7-15)8-18-23(34)30-25(36)31(24(18)35)16-2-1-3-17(11-16)32(37)38/h1-11H,12H2,(H,29,33)(H,30,34,36)/b18-8+. The van der Waals surface area contributed by atoms with Crippen LogP contribution in [-0.2, 0) is 14.4 Å². The lowest BCUT2D eigenvalue weighted by Gasteiger charge is -2.26. The number of nitro groups is 1. The first-order chi connectivity index (χ1) is 18.5. The van der Waals surface area contributed by atoms with Gasteiger partial charge in [-0.15, -0.1) is 0 Å². The molecule has 3 aromatic rings. The molecule has 0 unspecified atom stereocenters. The Kier molecular flexibility index (Phi) is 8.43. The van der Waals surface area contributed by atoms with Gasteiger partial charge < -0.3 is 10.1 Å². The number of nitrogens with zero attached hydrogens (tertiary/aromatic N) is 2. The lowest BCUT2D eigenvalue weighted by atomic mass is 10.1. The number of imide groups is 2. The van der Waals surface area contributed by atoms with Crippen molar-refractivity contribution in [3.63, 3.8) is 0 Å². The molecule has 0 aromatic heterocycles. The number of nitro benzene ring substituents is 1. The smallest absolute Gasteiger partial charge is 0.335 e. The molecule has 1 saturated heterocycles. The van der Waals surface area contributed by atoms with Gasteiger partial charge in [-0.3, -0.25) is 29.8 Å². The Morgan fingerprint density at radius 3 is 2.38 bits per heavy atom. The molecule has 0 aliphatic carbocycles. The Bertz CT molecular complexity index is 1540. The van der Waals surface area contributed by atoms with Gasteiger partial charge in [0.25, 0.3) is 23.4 Å². The first-order valence-corrected chi connectivity index (χ1v) is 12.8. The first kappa shape index (κ1) is 28.0. The fraction of sp³-hybridized carbons (Fsp3) is 0.0400. The number of benzene rings is 3. The average Bonchev–Trinajstić information content (AvgIpc) is 2.87. The zero-order chi connectivity index (χ0) is 28.3. The van der Waals surface area contributed by atoms with E-state index in [1.807, 2.05) is 0 Å². The van der Waals surface area contributed by atoms with Crippen LogP contribution in [0.15, 0.2) is 75.2 Å². The number of anilines is 2. The summed E-state index contributed by atoms with van der Waals surface area (Å²) in [6.07, 6.45) is 1.25. The Balaban J connectivity index is 1.53. The molecule has 14 heteroatoms. The molecular weight excluding hydrogens is 664 g/mol. The summed E-state index contributed by atoms with van der Waals surface area (Å²) in [6.45, 7) is -0.318. The Morgan fingerprint density at radius 2 is 1.74 bits per heavy atom. The van der Waals surface area contributed by atoms with E-state index in [1.165, 1.54) is 24.3 Å². The normalized spacial score (nSPS) is 14.3. The SMILES string of the molecule is O=C(COc1c(Br)cc(/C=C2\C(=O)NC(=O)N(c3cccc([N+](=O)[O-])c3)C2=O)cc1Br)Nc1ccc(Cl)cc1. The van der Waals surface area contributed by atoms with E-state index in [-0.39, 0.29) is 29.3 Å². The monoisotopic (exact) mass is 676 g/mol. The summed E-state index contributed by atoms with van der Waals surface area (Å²) in [4.78, 5) is 61.4. The molecule has 0 atom stereocenters. The van der Waals surface area contributed by atoms with Crippen molar-refractivity contribution >= 4 is 90.4 Å². The van der Waals surface area contributed by atoms with Crippen LogP contribution in [0.4, 0.5) is 21.9 Å². The van der Waals surface area contributed by atoms with E-state index in [9.17, 15) is 29.3 Å². The topological polar surface area (TPSA) is 148 Å². The predicted octanol–water partition coefficient (Wildman–Crippen LogP) is 5.46. The van der Waals surface area contributed by atoms with Gasteiger partial charge in [-0.25, -0.2) is 9.69 Å². The van der Waals surface area contributed by atoms with Crippen LogP contribution in [0.2, 0.25) is 5.02 Å². The van der Waals surface area contributed by atoms with Gasteiger partial charge >= 0.3 is 6.03 Å². The van der Waals surface area contributed by atoms with E-state index < -0.39 is 28.7 Å². The highest BCUT2D eigenvalue weighted by atomic mass is 79.9. The summed E-state index contributed by atoms with van der Waals surface area (Å²) < 4.78 is 6.43. The quantitative estimate of drug-likeness (QED) is 0.146. The zero-order valence-electron chi connectivity index (χ0n) is 19.4. The van der Waals surface area contributed by atoms with E-state index in [4.69, 9.17) is 16.3 Å². The van der Waals surface area contributed by atoms with Crippen molar-refractivity contribution < 1.29 is 28.8 Å². The maximum atomic E-state index is 13.1. The summed E-state index contributed by atoms with van der Waals surface area (Å²) in [5.41, 5.74) is 0.129. The molecule has 1 heterocycles. The third kappa shape index (κ3) is 6.50. The molecule has 0 bridgehead atoms. The second kappa shape index (κ2) is 11.8. The summed E-state index contributed by atoms with van der Waals surface area (Å²) in [7, 11) is 0. The summed E-state index contributed by atoms with van der Waals surface area (Å²) >= 11 is 12.5. The molecule has 3 aromatic carbocycles. The summed E-state index contributed by atoms with van der Waals surface area (Å²) in [5, 5.41) is 16.4. The van der Waals surface area contributed by atoms with E-state index in [2.05, 4.69) is 42.5 Å². The van der Waals surface area contributed by atoms with Crippen molar-refractivity contribution in [2.45, 2.75) is 0 Å². The van der Waals surface area contributed by atoms with Crippen LogP contribution in [0.1, 0.15) is 5.56 Å². The fourth-order valence-corrected chi connectivity index (χ4v) is 5.05. The van der Waals surface area contributed by atoms with Gasteiger partial charge in [0.1, 0.15) is 11.3 Å². The van der Waals surface area contributed by atoms with Crippen molar-refractivity contribution in [3.05, 3.63) is 95.9 Å². The van der Waals surface area contributed by atoms with Gasteiger partial charge in [0.15, 0.2) is 6.61 Å². The third-order valence-electron chi connectivity index (χ3n) is 5.21. The summed E-state index contributed by atoms with van der Waals surface area (Å²) in [6, 6.07) is 13.5. The number of carbonyl (C=O) groups excluding carboxylic acids is 4. The van der Waals surface area contributed by atoms with Gasteiger partial charge in [-0.1, -0.05) is 17.7 Å². The molecule has 1 fully saturated rings. The van der Waals surface area contributed by atoms with E-state index in [1.54, 1.807) is 36.4 Å². The van der Waals surface area contributed by atoms with Crippen molar-refractivity contribution in [1.29, 1.82) is 0 Å². The van der Waals surface area contributed by atoms with Crippen LogP contribution in [0, 0.1) is 10.1 Å². The molecular formula is C25H15Br2ClN4O7. The number of non-ortho nitro benzene ring substituents is 1. The second-order valence-electron chi connectivity index (χ2n) is 7.89. The molecule has 0 spiro atoms. The summed E-state index contributed by atoms with van der Waals surface area (Å²) in [5.74, 6) is -2.03. The highest BCUT2D eigenvalue weighted by molar-refractivity contribution is 9.11. The molecule has 0 saturated carbocycles. The predicted molar refractivity (Wildman–Crippen MR) is 150 cm³/mol. The van der Waals surface area contributed by atoms with Crippen LogP contribution in [-0.4, -0.2) is 35.3 Å². The first-order valence-electron chi connectivity index (χ1n) is 10.9. The minimum atomic E-state index is -1.04. The molecule has 4 rings (SSSR count). The van der Waals surface area contributed by atoms with Gasteiger partial charge in [-0.2, -0.15) is 0 Å². The Morgan fingerprint density at radius 1 is 1.08 bits per heavy atom. The number of carbonyl (C=O) groups is 4. The van der Waals surface area contributed by atoms with Crippen molar-refractivity contribution in [3.8, 4) is 5.75 Å². The van der Waals surface area contributed by atoms with Gasteiger partial charge in [0.2, 0.25) is 0 Å². The fourth-order valence-electron chi connectivity index (χ4n) is 3.47. The maximum Gasteiger partial charge on any atom is 0.335 e. The number of ether oxygens (including phenoxy) is 1. The van der Waals surface area contributed by atoms with Crippen LogP contribution in [0.5, 0.6) is 5.75 Å². The van der Waals surface area contributed by atoms with Gasteiger partial charge in [0, 0.05) is 22.8 Å². The number of urea groups is 1. The molecule has 5 amide bonds. The maximum absolute atomic E-state index is 13.1. The molecule has 1 aliphatic rings. The van der Waals surface area contributed by atoms with Crippen LogP contribution < -0.4 is 20.3 Å². The van der Waals surface area contributed by atoms with Crippen LogP contribution in [0.25, 0.3) is 6.08 Å². The van der Waals surface area contributed by atoms with E-state index in [0.717, 1.165) is 6.07 Å². The minimum absolute atomic E-state index is 0.0758. The molecule has 1 aliphatic heterocycles. The van der Waals surface area contributed by atoms with Crippen molar-refractivity contribution in [2.24, 2.45) is 0 Å². The Labute approximate surface area is 242 Å². The second-order valence-corrected chi connectivity index (χ2v) is 10.0. The highest BCUT2D eigenvalue weighted by Crippen LogP contribution is 2.36. The number of amides is 5. The molecule has 198 valence electrons. The number of halogens is 3. The lowest BCUT2D eigenvalue weighted by molar-refractivity contribution is -0.384. The lowest BCUT2D eigenvalue weighted by Crippen LogP contribution is -2.54. The van der Waals surface area contributed by atoms with Crippen molar-refractivity contribution in [1.82, 2.24) is 5.32 Å². The molecule has 11 nitrogen and oxygen atoms in total. The third-order valence-corrected chi connectivity index (χ3v) is 6.64. The van der Waals surface area contributed by atoms with E-state index in [0.29, 0.717) is 30.1 Å². The van der Waals surface area contributed by atoms with Crippen LogP contribution >= 0.6 is 43.5 Å². The Hall–Kier alpha value is -4.07. The van der Waals surface area contributed by atoms with Gasteiger partial charge in [0.05, 0.1) is 19.6 Å². The van der Waals surface area contributed by atoms with Crippen LogP contribution in [0.3, 0.4) is 0 Å².